The van der Waals surface area contributed by atoms with Gasteiger partial charge >= 0.3 is 11.8 Å². The Bertz CT molecular complexity index is 1150. The van der Waals surface area contributed by atoms with Gasteiger partial charge in [-0.25, -0.2) is 5.43 Å². The number of anilines is 1. The predicted molar refractivity (Wildman–Crippen MR) is 139 cm³/mol. The molecule has 1 aliphatic heterocycles. The van der Waals surface area contributed by atoms with Gasteiger partial charge in [0.25, 0.3) is 5.91 Å². The molecule has 0 radical (unpaired) electrons. The summed E-state index contributed by atoms with van der Waals surface area (Å²) in [7, 11) is 1.45. The van der Waals surface area contributed by atoms with Crippen molar-refractivity contribution in [2.24, 2.45) is 5.10 Å². The highest BCUT2D eigenvalue weighted by atomic mass is 79.9. The molecule has 2 aromatic carbocycles. The van der Waals surface area contributed by atoms with Crippen molar-refractivity contribution < 1.29 is 28.6 Å². The van der Waals surface area contributed by atoms with E-state index in [0.29, 0.717) is 38.9 Å². The number of benzene rings is 2. The Morgan fingerprint density at radius 1 is 1.25 bits per heavy atom. The second-order valence-corrected chi connectivity index (χ2v) is 9.14. The molecule has 0 aromatic heterocycles. The Balaban J connectivity index is 1.53. The number of hydrogen-bond acceptors (Lipinski definition) is 7. The van der Waals surface area contributed by atoms with Crippen LogP contribution in [0.1, 0.15) is 24.0 Å². The number of rotatable bonds is 9. The lowest BCUT2D eigenvalue weighted by atomic mass is 10.2. The zero-order chi connectivity index (χ0) is 26.1. The number of aryl methyl sites for hydroxylation is 1. The molecule has 1 saturated heterocycles. The minimum Gasteiger partial charge on any atom is -0.493 e. The minimum absolute atomic E-state index is 0.0667. The lowest BCUT2D eigenvalue weighted by Crippen LogP contribution is -2.41. The van der Waals surface area contributed by atoms with Gasteiger partial charge in [-0.05, 0) is 71.1 Å². The van der Waals surface area contributed by atoms with Crippen LogP contribution in [0.4, 0.5) is 5.69 Å². The fourth-order valence-corrected chi connectivity index (χ4v) is 4.02. The maximum atomic E-state index is 12.3. The van der Waals surface area contributed by atoms with E-state index < -0.39 is 11.8 Å². The van der Waals surface area contributed by atoms with Gasteiger partial charge in [-0.1, -0.05) is 17.7 Å². The summed E-state index contributed by atoms with van der Waals surface area (Å²) in [5.74, 6) is -1.43. The molecule has 1 atom stereocenters. The van der Waals surface area contributed by atoms with Crippen molar-refractivity contribution in [1.82, 2.24) is 10.7 Å². The largest absolute Gasteiger partial charge is 0.493 e. The first kappa shape index (κ1) is 27.4. The van der Waals surface area contributed by atoms with Crippen LogP contribution in [0.3, 0.4) is 0 Å². The van der Waals surface area contributed by atoms with Gasteiger partial charge in [-0.3, -0.25) is 14.4 Å². The molecule has 0 spiro atoms. The third kappa shape index (κ3) is 7.94. The van der Waals surface area contributed by atoms with Crippen LogP contribution in [0.25, 0.3) is 0 Å². The highest BCUT2D eigenvalue weighted by Gasteiger charge is 2.19. The molecule has 3 amide bonds. The molecule has 1 aliphatic rings. The quantitative estimate of drug-likeness (QED) is 0.237. The first-order valence-electron chi connectivity index (χ1n) is 11.1. The van der Waals surface area contributed by atoms with Gasteiger partial charge in [0, 0.05) is 23.9 Å². The molecule has 0 unspecified atom stereocenters. The van der Waals surface area contributed by atoms with E-state index in [1.807, 2.05) is 6.92 Å². The number of nitrogens with one attached hydrogen (secondary N) is 3. The van der Waals surface area contributed by atoms with Crippen LogP contribution >= 0.6 is 27.5 Å². The molecule has 0 aliphatic carbocycles. The van der Waals surface area contributed by atoms with Crippen LogP contribution in [0.15, 0.2) is 39.9 Å². The van der Waals surface area contributed by atoms with E-state index in [-0.39, 0.29) is 25.2 Å². The standard InChI is InChI=1S/C24H26BrClN4O6/c1-14-5-6-16(10-19(14)26)29-21(31)13-36-22-18(25)8-15(9-20(22)34-2)11-28-30-24(33)23(32)27-12-17-4-3-7-35-17/h5-6,8-11,17H,3-4,7,12-13H2,1-2H3,(H,27,32)(H,29,31)(H,30,33)/b28-11-/t17-/m0/s1. The highest BCUT2D eigenvalue weighted by Crippen LogP contribution is 2.36. The molecule has 0 saturated carbocycles. The maximum absolute atomic E-state index is 12.3. The lowest BCUT2D eigenvalue weighted by molar-refractivity contribution is -0.139. The van der Waals surface area contributed by atoms with Crippen LogP contribution < -0.4 is 25.5 Å². The van der Waals surface area contributed by atoms with Crippen molar-refractivity contribution in [2.45, 2.75) is 25.9 Å². The number of ether oxygens (including phenoxy) is 3. The van der Waals surface area contributed by atoms with Crippen molar-refractivity contribution in [1.29, 1.82) is 0 Å². The molecular formula is C24H26BrClN4O6. The highest BCUT2D eigenvalue weighted by molar-refractivity contribution is 9.10. The average Bonchev–Trinajstić information content (AvgIpc) is 3.37. The molecule has 1 heterocycles. The lowest BCUT2D eigenvalue weighted by Gasteiger charge is -2.13. The van der Waals surface area contributed by atoms with Gasteiger partial charge in [-0.15, -0.1) is 0 Å². The second kappa shape index (κ2) is 13.2. The molecule has 3 rings (SSSR count). The van der Waals surface area contributed by atoms with E-state index in [9.17, 15) is 14.4 Å². The van der Waals surface area contributed by atoms with E-state index in [1.165, 1.54) is 13.3 Å². The van der Waals surface area contributed by atoms with E-state index in [2.05, 4.69) is 37.1 Å². The Morgan fingerprint density at radius 3 is 2.75 bits per heavy atom. The number of amides is 3. The number of carbonyl (C=O) groups is 3. The average molecular weight is 582 g/mol. The number of halogens is 2. The van der Waals surface area contributed by atoms with Crippen LogP contribution in [0.2, 0.25) is 5.02 Å². The number of methoxy groups -OCH3 is 1. The van der Waals surface area contributed by atoms with Crippen molar-refractivity contribution in [2.75, 3.05) is 32.2 Å². The fourth-order valence-electron chi connectivity index (χ4n) is 3.27. The van der Waals surface area contributed by atoms with Gasteiger partial charge in [0.15, 0.2) is 18.1 Å². The third-order valence-electron chi connectivity index (χ3n) is 5.16. The van der Waals surface area contributed by atoms with Gasteiger partial charge in [0.05, 0.1) is 23.9 Å². The number of hydrazone groups is 1. The molecule has 3 N–H and O–H groups in total. The van der Waals surface area contributed by atoms with Gasteiger partial charge < -0.3 is 24.8 Å². The van der Waals surface area contributed by atoms with Crippen molar-refractivity contribution in [3.05, 3.63) is 51.0 Å². The summed E-state index contributed by atoms with van der Waals surface area (Å²) in [6, 6.07) is 8.47. The smallest absolute Gasteiger partial charge is 0.329 e. The van der Waals surface area contributed by atoms with Gasteiger partial charge in [-0.2, -0.15) is 5.10 Å². The van der Waals surface area contributed by atoms with Crippen molar-refractivity contribution in [3.8, 4) is 11.5 Å². The monoisotopic (exact) mass is 580 g/mol. The normalized spacial score (nSPS) is 14.9. The summed E-state index contributed by atoms with van der Waals surface area (Å²) in [5, 5.41) is 9.59. The third-order valence-corrected chi connectivity index (χ3v) is 6.15. The van der Waals surface area contributed by atoms with Crippen molar-refractivity contribution >= 4 is 57.2 Å². The van der Waals surface area contributed by atoms with Crippen LogP contribution in [-0.2, 0) is 19.1 Å². The summed E-state index contributed by atoms with van der Waals surface area (Å²) >= 11 is 9.48. The summed E-state index contributed by atoms with van der Waals surface area (Å²) in [5.41, 5.74) is 4.18. The number of carbonyl (C=O) groups excluding carboxylic acids is 3. The van der Waals surface area contributed by atoms with E-state index >= 15 is 0 Å². The summed E-state index contributed by atoms with van der Waals surface area (Å²) < 4.78 is 16.9. The molecular weight excluding hydrogens is 556 g/mol. The SMILES string of the molecule is COc1cc(/C=N\NC(=O)C(=O)NC[C@@H]2CCCO2)cc(Br)c1OCC(=O)Nc1ccc(C)c(Cl)c1. The fraction of sp³-hybridized carbons (Fsp3) is 0.333. The second-order valence-electron chi connectivity index (χ2n) is 7.88. The Hall–Kier alpha value is -3.15. The van der Waals surface area contributed by atoms with Gasteiger partial charge in [0.1, 0.15) is 0 Å². The predicted octanol–water partition coefficient (Wildman–Crippen LogP) is 3.18. The van der Waals surface area contributed by atoms with Crippen LogP contribution in [-0.4, -0.2) is 56.9 Å². The Labute approximate surface area is 221 Å². The van der Waals surface area contributed by atoms with E-state index in [0.717, 1.165) is 18.4 Å². The molecule has 1 fully saturated rings. The van der Waals surface area contributed by atoms with Crippen LogP contribution in [0, 0.1) is 6.92 Å². The number of hydrogen-bond donors (Lipinski definition) is 3. The zero-order valence-corrected chi connectivity index (χ0v) is 22.1. The first-order valence-corrected chi connectivity index (χ1v) is 12.2. The summed E-state index contributed by atoms with van der Waals surface area (Å²) in [6.45, 7) is 2.53. The Kier molecular flexibility index (Phi) is 10.1. The topological polar surface area (TPSA) is 127 Å². The van der Waals surface area contributed by atoms with E-state index in [1.54, 1.807) is 30.3 Å². The molecule has 10 nitrogen and oxygen atoms in total. The zero-order valence-electron chi connectivity index (χ0n) is 19.7. The number of nitrogens with zero attached hydrogens (tertiary/aromatic N) is 1. The molecule has 12 heteroatoms. The maximum Gasteiger partial charge on any atom is 0.329 e. The summed E-state index contributed by atoms with van der Waals surface area (Å²) in [6.07, 6.45) is 3.07. The molecule has 0 bridgehead atoms. The summed E-state index contributed by atoms with van der Waals surface area (Å²) in [4.78, 5) is 36.1. The Morgan fingerprint density at radius 2 is 2.06 bits per heavy atom. The molecule has 2 aromatic rings. The van der Waals surface area contributed by atoms with Crippen molar-refractivity contribution in [3.63, 3.8) is 0 Å². The minimum atomic E-state index is -0.892. The first-order chi connectivity index (χ1) is 17.3. The van der Waals surface area contributed by atoms with Crippen LogP contribution in [0.5, 0.6) is 11.5 Å². The molecule has 36 heavy (non-hydrogen) atoms. The van der Waals surface area contributed by atoms with E-state index in [4.69, 9.17) is 25.8 Å². The van der Waals surface area contributed by atoms with Gasteiger partial charge in [0.2, 0.25) is 0 Å². The molecule has 192 valence electrons.